The van der Waals surface area contributed by atoms with E-state index >= 15 is 0 Å². The summed E-state index contributed by atoms with van der Waals surface area (Å²) in [4.78, 5) is 22.0. The molecule has 0 amide bonds. The molecule has 0 atom stereocenters. The predicted molar refractivity (Wildman–Crippen MR) is 85.6 cm³/mol. The lowest BCUT2D eigenvalue weighted by Gasteiger charge is -2.02. The summed E-state index contributed by atoms with van der Waals surface area (Å²) in [6.45, 7) is 0. The molecule has 0 bridgehead atoms. The van der Waals surface area contributed by atoms with Crippen molar-refractivity contribution in [2.24, 2.45) is 5.73 Å². The summed E-state index contributed by atoms with van der Waals surface area (Å²) in [7, 11) is 0. The van der Waals surface area contributed by atoms with Crippen LogP contribution in [0.4, 0.5) is 10.1 Å². The van der Waals surface area contributed by atoms with Crippen LogP contribution in [0.25, 0.3) is 0 Å². The molecule has 2 rings (SSSR count). The van der Waals surface area contributed by atoms with E-state index in [0.717, 1.165) is 6.07 Å². The fraction of sp³-hybridized carbons (Fsp3) is 0. The van der Waals surface area contributed by atoms with Gasteiger partial charge in [-0.25, -0.2) is 0 Å². The lowest BCUT2D eigenvalue weighted by Crippen LogP contribution is -2.06. The number of carbonyl (C=O) groups is 1. The van der Waals surface area contributed by atoms with E-state index in [4.69, 9.17) is 11.6 Å². The molecule has 114 valence electrons. The smallest absolute Gasteiger partial charge is 0.315 e. The van der Waals surface area contributed by atoms with Crippen LogP contribution >= 0.6 is 23.8 Å². The van der Waals surface area contributed by atoms with Crippen molar-refractivity contribution in [2.45, 2.75) is 0 Å². The summed E-state index contributed by atoms with van der Waals surface area (Å²) in [5.41, 5.74) is 3.86. The van der Waals surface area contributed by atoms with E-state index in [1.54, 1.807) is 18.2 Å². The number of nitro groups is 1. The monoisotopic (exact) mass is 340 g/mol. The Bertz CT molecular complexity index is 706. The van der Waals surface area contributed by atoms with Crippen LogP contribution < -0.4 is 5.73 Å². The lowest BCUT2D eigenvalue weighted by molar-refractivity contribution is -0.387. The zero-order valence-corrected chi connectivity index (χ0v) is 12.6. The zero-order chi connectivity index (χ0) is 16.7. The molecule has 8 heteroatoms. The average Bonchev–Trinajstić information content (AvgIpc) is 2.46. The minimum Gasteiger partial charge on any atom is -0.380 e. The molecule has 5 nitrogen and oxygen atoms in total. The first-order valence-electron chi connectivity index (χ1n) is 5.82. The molecule has 0 radical (unpaired) electrons. The van der Waals surface area contributed by atoms with Crippen molar-refractivity contribution in [2.75, 3.05) is 0 Å². The van der Waals surface area contributed by atoms with Crippen LogP contribution in [0.3, 0.4) is 0 Å². The lowest BCUT2D eigenvalue weighted by atomic mass is 10.0. The summed E-state index contributed by atoms with van der Waals surface area (Å²) >= 11 is 8.86. The number of nitrogens with two attached hydrogens (primary N) is 1. The maximum atomic E-state index is 13.4. The number of nitro benzene ring substituents is 1. The highest BCUT2D eigenvalue weighted by Gasteiger charge is 2.25. The topological polar surface area (TPSA) is 86.2 Å². The first kappa shape index (κ1) is 17.7. The van der Waals surface area contributed by atoms with Crippen LogP contribution in [0.1, 0.15) is 15.9 Å². The second-order valence-electron chi connectivity index (χ2n) is 3.89. The van der Waals surface area contributed by atoms with Gasteiger partial charge in [0.25, 0.3) is 0 Å². The van der Waals surface area contributed by atoms with E-state index in [2.05, 4.69) is 18.0 Å². The van der Waals surface area contributed by atoms with Crippen molar-refractivity contribution in [1.29, 1.82) is 0 Å². The number of hydrogen-bond acceptors (Lipinski definition) is 4. The molecule has 0 spiro atoms. The molecule has 0 fully saturated rings. The van der Waals surface area contributed by atoms with Crippen molar-refractivity contribution in [3.05, 3.63) is 75.6 Å². The van der Waals surface area contributed by atoms with Crippen molar-refractivity contribution < 1.29 is 14.1 Å². The van der Waals surface area contributed by atoms with Gasteiger partial charge in [0.05, 0.1) is 4.92 Å². The van der Waals surface area contributed by atoms with Crippen LogP contribution in [-0.2, 0) is 0 Å². The third-order valence-corrected chi connectivity index (χ3v) is 2.45. The highest BCUT2D eigenvalue weighted by atomic mass is 35.5. The van der Waals surface area contributed by atoms with Crippen LogP contribution in [0.5, 0.6) is 0 Å². The van der Waals surface area contributed by atoms with E-state index in [0.29, 0.717) is 0 Å². The van der Waals surface area contributed by atoms with Crippen molar-refractivity contribution >= 4 is 39.7 Å². The highest BCUT2D eigenvalue weighted by molar-refractivity contribution is 7.83. The Morgan fingerprint density at radius 3 is 2.23 bits per heavy atom. The molecule has 2 N–H and O–H groups in total. The third kappa shape index (κ3) is 4.87. The largest absolute Gasteiger partial charge is 0.380 e. The Kier molecular flexibility index (Phi) is 6.55. The van der Waals surface area contributed by atoms with Gasteiger partial charge < -0.3 is 5.73 Å². The minimum absolute atomic E-state index is 0.0278. The van der Waals surface area contributed by atoms with Gasteiger partial charge in [-0.2, -0.15) is 4.39 Å². The van der Waals surface area contributed by atoms with Gasteiger partial charge in [0.2, 0.25) is 5.82 Å². The van der Waals surface area contributed by atoms with E-state index in [9.17, 15) is 19.3 Å². The summed E-state index contributed by atoms with van der Waals surface area (Å²) in [6, 6.07) is 11.5. The zero-order valence-electron chi connectivity index (χ0n) is 11.0. The van der Waals surface area contributed by atoms with Gasteiger partial charge in [0, 0.05) is 5.56 Å². The fourth-order valence-electron chi connectivity index (χ4n) is 1.63. The SMILES string of the molecule is NC(=S)Cl.O=C(c1ccccc1)c1cccc(F)c1[N+](=O)[O-]. The standard InChI is InChI=1S/C13H8FNO3.CH2ClNS/c14-11-8-4-7-10(12(11)15(17)18)13(16)9-5-2-1-3-6-9;2-1(3)4/h1-8H;(H2,3,4). The number of nitrogens with zero attached hydrogens (tertiary/aromatic N) is 1. The maximum absolute atomic E-state index is 13.4. The van der Waals surface area contributed by atoms with Gasteiger partial charge in [0.1, 0.15) is 5.56 Å². The number of hydrogen-bond donors (Lipinski definition) is 1. The van der Waals surface area contributed by atoms with Crippen molar-refractivity contribution in [3.63, 3.8) is 0 Å². The Labute approximate surface area is 135 Å². The highest BCUT2D eigenvalue weighted by Crippen LogP contribution is 2.24. The number of carbonyl (C=O) groups excluding carboxylic acids is 1. The van der Waals surface area contributed by atoms with Crippen LogP contribution in [0.15, 0.2) is 48.5 Å². The fourth-order valence-corrected chi connectivity index (χ4v) is 1.63. The molecule has 0 aliphatic rings. The van der Waals surface area contributed by atoms with Gasteiger partial charge in [-0.3, -0.25) is 14.9 Å². The van der Waals surface area contributed by atoms with Gasteiger partial charge in [-0.1, -0.05) is 48.0 Å². The molecule has 0 unspecified atom stereocenters. The first-order chi connectivity index (χ1) is 10.3. The average molecular weight is 341 g/mol. The minimum atomic E-state index is -1.01. The Morgan fingerprint density at radius 1 is 1.18 bits per heavy atom. The molecule has 0 aliphatic carbocycles. The molecule has 0 aromatic heterocycles. The normalized spacial score (nSPS) is 9.36. The molecule has 0 saturated heterocycles. The van der Waals surface area contributed by atoms with Gasteiger partial charge in [-0.15, -0.1) is 0 Å². The maximum Gasteiger partial charge on any atom is 0.315 e. The van der Waals surface area contributed by atoms with E-state index < -0.39 is 22.2 Å². The number of benzene rings is 2. The van der Waals surface area contributed by atoms with E-state index in [1.807, 2.05) is 0 Å². The molecule has 0 aliphatic heterocycles. The third-order valence-electron chi connectivity index (χ3n) is 2.45. The second-order valence-corrected chi connectivity index (χ2v) is 4.96. The quantitative estimate of drug-likeness (QED) is 0.231. The van der Waals surface area contributed by atoms with E-state index in [1.165, 1.54) is 24.3 Å². The summed E-state index contributed by atoms with van der Waals surface area (Å²) in [6.07, 6.45) is 0. The molecular formula is C14H10ClFN2O3S. The number of ketones is 1. The number of thiocarbonyl (C=S) groups is 1. The summed E-state index contributed by atoms with van der Waals surface area (Å²) < 4.78 is 13.4. The first-order valence-corrected chi connectivity index (χ1v) is 6.60. The number of rotatable bonds is 3. The summed E-state index contributed by atoms with van der Waals surface area (Å²) in [5, 5.41) is 10.8. The van der Waals surface area contributed by atoms with Gasteiger partial charge in [-0.05, 0) is 24.4 Å². The Hall–Kier alpha value is -2.38. The predicted octanol–water partition coefficient (Wildman–Crippen LogP) is 3.43. The van der Waals surface area contributed by atoms with Crippen molar-refractivity contribution in [1.82, 2.24) is 0 Å². The molecular weight excluding hydrogens is 331 g/mol. The van der Waals surface area contributed by atoms with E-state index in [-0.39, 0.29) is 15.6 Å². The van der Waals surface area contributed by atoms with Crippen LogP contribution in [0, 0.1) is 15.9 Å². The number of halogens is 2. The van der Waals surface area contributed by atoms with Crippen molar-refractivity contribution in [3.8, 4) is 0 Å². The molecule has 2 aromatic carbocycles. The number of para-hydroxylation sites is 1. The molecule has 2 aromatic rings. The van der Waals surface area contributed by atoms with Crippen LogP contribution in [0.2, 0.25) is 0 Å². The Balaban J connectivity index is 0.000000541. The Morgan fingerprint density at radius 2 is 1.73 bits per heavy atom. The van der Waals surface area contributed by atoms with Crippen LogP contribution in [-0.4, -0.2) is 15.2 Å². The van der Waals surface area contributed by atoms with Gasteiger partial charge >= 0.3 is 5.69 Å². The molecule has 22 heavy (non-hydrogen) atoms. The van der Waals surface area contributed by atoms with Gasteiger partial charge in [0.15, 0.2) is 10.2 Å². The molecule has 0 saturated carbocycles. The summed E-state index contributed by atoms with van der Waals surface area (Å²) in [5.74, 6) is -1.58. The molecule has 0 heterocycles. The second kappa shape index (κ2) is 8.16.